The predicted octanol–water partition coefficient (Wildman–Crippen LogP) is 3.43. The van der Waals surface area contributed by atoms with E-state index < -0.39 is 0 Å². The lowest BCUT2D eigenvalue weighted by Gasteiger charge is -2.30. The summed E-state index contributed by atoms with van der Waals surface area (Å²) in [6, 6.07) is 3.45. The first-order valence-electron chi connectivity index (χ1n) is 7.31. The second-order valence-corrected chi connectivity index (χ2v) is 5.85. The van der Waals surface area contributed by atoms with Gasteiger partial charge in [0.15, 0.2) is 0 Å². The van der Waals surface area contributed by atoms with Crippen molar-refractivity contribution in [2.24, 2.45) is 5.92 Å². The molecule has 0 atom stereocenters. The Balaban J connectivity index is 2.10. The zero-order valence-corrected chi connectivity index (χ0v) is 12.9. The van der Waals surface area contributed by atoms with E-state index in [0.29, 0.717) is 22.5 Å². The Kier molecular flexibility index (Phi) is 5.24. The number of nitrogens with one attached hydrogen (secondary N) is 1. The van der Waals surface area contributed by atoms with E-state index in [1.807, 2.05) is 4.90 Å². The van der Waals surface area contributed by atoms with Crippen LogP contribution in [0.3, 0.4) is 0 Å². The number of rotatable bonds is 4. The minimum Gasteiger partial charge on any atom is -0.370 e. The highest BCUT2D eigenvalue weighted by molar-refractivity contribution is 6.29. The standard InChI is InChI=1S/C15H22ClN3O/c1-3-6-17-14-10-12(9-13(16)18-14)15(20)19-7-4-11(2)5-8-19/h9-11H,3-8H2,1-2H3,(H,17,18). The molecule has 1 saturated heterocycles. The Morgan fingerprint density at radius 3 is 2.80 bits per heavy atom. The SMILES string of the molecule is CCCNc1cc(C(=O)N2CCC(C)CC2)cc(Cl)n1. The molecule has 0 unspecified atom stereocenters. The fourth-order valence-electron chi connectivity index (χ4n) is 2.36. The number of aromatic nitrogens is 1. The number of carbonyl (C=O) groups excluding carboxylic acids is 1. The predicted molar refractivity (Wildman–Crippen MR) is 82.3 cm³/mol. The molecular formula is C15H22ClN3O. The van der Waals surface area contributed by atoms with Crippen LogP contribution in [0.15, 0.2) is 12.1 Å². The van der Waals surface area contributed by atoms with E-state index in [1.54, 1.807) is 12.1 Å². The molecule has 20 heavy (non-hydrogen) atoms. The van der Waals surface area contributed by atoms with Gasteiger partial charge in [0.05, 0.1) is 0 Å². The van der Waals surface area contributed by atoms with E-state index in [-0.39, 0.29) is 5.91 Å². The summed E-state index contributed by atoms with van der Waals surface area (Å²) in [6.07, 6.45) is 3.15. The van der Waals surface area contributed by atoms with Crippen molar-refractivity contribution in [2.75, 3.05) is 25.0 Å². The Bertz CT molecular complexity index is 470. The van der Waals surface area contributed by atoms with E-state index in [1.165, 1.54) is 0 Å². The Morgan fingerprint density at radius 2 is 2.15 bits per heavy atom. The van der Waals surface area contributed by atoms with Crippen LogP contribution in [0.4, 0.5) is 5.82 Å². The lowest BCUT2D eigenvalue weighted by molar-refractivity contribution is 0.0697. The largest absolute Gasteiger partial charge is 0.370 e. The highest BCUT2D eigenvalue weighted by atomic mass is 35.5. The zero-order chi connectivity index (χ0) is 14.5. The highest BCUT2D eigenvalue weighted by Gasteiger charge is 2.22. The van der Waals surface area contributed by atoms with Gasteiger partial charge in [0, 0.05) is 25.2 Å². The number of halogens is 1. The molecule has 0 radical (unpaired) electrons. The van der Waals surface area contributed by atoms with Gasteiger partial charge in [-0.05, 0) is 37.3 Å². The fourth-order valence-corrected chi connectivity index (χ4v) is 2.57. The smallest absolute Gasteiger partial charge is 0.254 e. The number of piperidine rings is 1. The monoisotopic (exact) mass is 295 g/mol. The lowest BCUT2D eigenvalue weighted by Crippen LogP contribution is -2.37. The molecule has 0 aliphatic carbocycles. The van der Waals surface area contributed by atoms with Gasteiger partial charge >= 0.3 is 0 Å². The van der Waals surface area contributed by atoms with Crippen LogP contribution < -0.4 is 5.32 Å². The van der Waals surface area contributed by atoms with E-state index >= 15 is 0 Å². The minimum absolute atomic E-state index is 0.0562. The summed E-state index contributed by atoms with van der Waals surface area (Å²) in [5, 5.41) is 3.54. The average Bonchev–Trinajstić information content (AvgIpc) is 2.44. The van der Waals surface area contributed by atoms with Crippen LogP contribution in [0.1, 0.15) is 43.5 Å². The molecule has 110 valence electrons. The summed E-state index contributed by atoms with van der Waals surface area (Å²) in [7, 11) is 0. The van der Waals surface area contributed by atoms with Gasteiger partial charge in [0.1, 0.15) is 11.0 Å². The third-order valence-corrected chi connectivity index (χ3v) is 3.86. The van der Waals surface area contributed by atoms with Gasteiger partial charge in [0.2, 0.25) is 0 Å². The first kappa shape index (κ1) is 15.1. The van der Waals surface area contributed by atoms with Crippen molar-refractivity contribution in [3.63, 3.8) is 0 Å². The van der Waals surface area contributed by atoms with Gasteiger partial charge in [-0.3, -0.25) is 4.79 Å². The van der Waals surface area contributed by atoms with Crippen LogP contribution in [-0.4, -0.2) is 35.4 Å². The maximum Gasteiger partial charge on any atom is 0.254 e. The van der Waals surface area contributed by atoms with E-state index in [0.717, 1.165) is 38.9 Å². The van der Waals surface area contributed by atoms with Gasteiger partial charge in [-0.15, -0.1) is 0 Å². The Morgan fingerprint density at radius 1 is 1.45 bits per heavy atom. The van der Waals surface area contributed by atoms with E-state index in [2.05, 4.69) is 24.1 Å². The molecule has 1 N–H and O–H groups in total. The van der Waals surface area contributed by atoms with Crippen molar-refractivity contribution < 1.29 is 4.79 Å². The molecule has 1 aliphatic heterocycles. The second kappa shape index (κ2) is 6.93. The second-order valence-electron chi connectivity index (χ2n) is 5.47. The molecule has 0 spiro atoms. The molecular weight excluding hydrogens is 274 g/mol. The van der Waals surface area contributed by atoms with Gasteiger partial charge in [-0.1, -0.05) is 25.4 Å². The number of pyridine rings is 1. The van der Waals surface area contributed by atoms with Crippen LogP contribution in [0.5, 0.6) is 0 Å². The number of hydrogen-bond acceptors (Lipinski definition) is 3. The van der Waals surface area contributed by atoms with Gasteiger partial charge < -0.3 is 10.2 Å². The highest BCUT2D eigenvalue weighted by Crippen LogP contribution is 2.21. The maximum atomic E-state index is 12.5. The van der Waals surface area contributed by atoms with E-state index in [4.69, 9.17) is 11.6 Å². The summed E-state index contributed by atoms with van der Waals surface area (Å²) in [5.41, 5.74) is 0.623. The molecule has 1 aromatic heterocycles. The molecule has 2 heterocycles. The van der Waals surface area contributed by atoms with Crippen molar-refractivity contribution in [1.29, 1.82) is 0 Å². The molecule has 1 amide bonds. The summed E-state index contributed by atoms with van der Waals surface area (Å²) in [5.74, 6) is 1.44. The maximum absolute atomic E-state index is 12.5. The van der Waals surface area contributed by atoms with Crippen LogP contribution in [0.25, 0.3) is 0 Å². The van der Waals surface area contributed by atoms with E-state index in [9.17, 15) is 4.79 Å². The number of carbonyl (C=O) groups is 1. The normalized spacial score (nSPS) is 16.2. The third kappa shape index (κ3) is 3.85. The van der Waals surface area contributed by atoms with Gasteiger partial charge in [-0.25, -0.2) is 4.98 Å². The number of hydrogen-bond donors (Lipinski definition) is 1. The molecule has 1 fully saturated rings. The van der Waals surface area contributed by atoms with Crippen molar-refractivity contribution in [3.05, 3.63) is 22.8 Å². The summed E-state index contributed by atoms with van der Waals surface area (Å²) < 4.78 is 0. The molecule has 1 aromatic rings. The van der Waals surface area contributed by atoms with Crippen LogP contribution in [0, 0.1) is 5.92 Å². The molecule has 2 rings (SSSR count). The summed E-state index contributed by atoms with van der Waals surface area (Å²) in [6.45, 7) is 6.80. The third-order valence-electron chi connectivity index (χ3n) is 3.67. The first-order valence-corrected chi connectivity index (χ1v) is 7.68. The zero-order valence-electron chi connectivity index (χ0n) is 12.2. The average molecular weight is 296 g/mol. The van der Waals surface area contributed by atoms with Crippen molar-refractivity contribution in [3.8, 4) is 0 Å². The molecule has 0 bridgehead atoms. The fraction of sp³-hybridized carbons (Fsp3) is 0.600. The summed E-state index contributed by atoms with van der Waals surface area (Å²) >= 11 is 6.01. The number of likely N-dealkylation sites (tertiary alicyclic amines) is 1. The van der Waals surface area contributed by atoms with Crippen LogP contribution >= 0.6 is 11.6 Å². The lowest BCUT2D eigenvalue weighted by atomic mass is 9.99. The number of amides is 1. The van der Waals surface area contributed by atoms with Crippen molar-refractivity contribution in [2.45, 2.75) is 33.1 Å². The Labute approximate surface area is 125 Å². The number of anilines is 1. The molecule has 0 aromatic carbocycles. The van der Waals surface area contributed by atoms with Crippen LogP contribution in [-0.2, 0) is 0 Å². The first-order chi connectivity index (χ1) is 9.60. The topological polar surface area (TPSA) is 45.2 Å². The molecule has 0 saturated carbocycles. The van der Waals surface area contributed by atoms with Gasteiger partial charge in [0.25, 0.3) is 5.91 Å². The molecule has 1 aliphatic rings. The summed E-state index contributed by atoms with van der Waals surface area (Å²) in [4.78, 5) is 18.6. The van der Waals surface area contributed by atoms with Crippen molar-refractivity contribution >= 4 is 23.3 Å². The molecule has 5 heteroatoms. The van der Waals surface area contributed by atoms with Crippen LogP contribution in [0.2, 0.25) is 5.15 Å². The van der Waals surface area contributed by atoms with Gasteiger partial charge in [-0.2, -0.15) is 0 Å². The molecule has 4 nitrogen and oxygen atoms in total. The quantitative estimate of drug-likeness (QED) is 0.866. The minimum atomic E-state index is 0.0562. The number of nitrogens with zero attached hydrogens (tertiary/aromatic N) is 2. The Hall–Kier alpha value is -1.29. The van der Waals surface area contributed by atoms with Crippen molar-refractivity contribution in [1.82, 2.24) is 9.88 Å².